The summed E-state index contributed by atoms with van der Waals surface area (Å²) in [6.07, 6.45) is 2.76. The molecule has 0 saturated heterocycles. The van der Waals surface area contributed by atoms with Crippen LogP contribution in [0.25, 0.3) is 0 Å². The van der Waals surface area contributed by atoms with Gasteiger partial charge in [0.25, 0.3) is 0 Å². The molecular formula is C15H26N2O3. The zero-order valence-corrected chi connectivity index (χ0v) is 13.0. The van der Waals surface area contributed by atoms with Crippen molar-refractivity contribution in [1.82, 2.24) is 10.5 Å². The Morgan fingerprint density at radius 1 is 1.40 bits per heavy atom. The molecule has 0 atom stereocenters. The van der Waals surface area contributed by atoms with Crippen LogP contribution in [-0.4, -0.2) is 29.3 Å². The van der Waals surface area contributed by atoms with E-state index < -0.39 is 0 Å². The fourth-order valence-corrected chi connectivity index (χ4v) is 2.17. The summed E-state index contributed by atoms with van der Waals surface area (Å²) in [5.74, 6) is 0.834. The summed E-state index contributed by atoms with van der Waals surface area (Å²) < 4.78 is 5.08. The fourth-order valence-electron chi connectivity index (χ4n) is 2.17. The second-order valence-corrected chi connectivity index (χ2v) is 6.07. The first-order valence-corrected chi connectivity index (χ1v) is 7.15. The molecule has 2 N–H and O–H groups in total. The second kappa shape index (κ2) is 7.43. The summed E-state index contributed by atoms with van der Waals surface area (Å²) in [7, 11) is 0. The minimum absolute atomic E-state index is 0.0153. The molecule has 1 amide bonds. The summed E-state index contributed by atoms with van der Waals surface area (Å²) in [6.45, 7) is 8.78. The van der Waals surface area contributed by atoms with Gasteiger partial charge in [0.2, 0.25) is 5.91 Å². The lowest BCUT2D eigenvalue weighted by molar-refractivity contribution is -0.121. The number of carbonyl (C=O) groups excluding carboxylic acids is 1. The van der Waals surface area contributed by atoms with E-state index >= 15 is 0 Å². The highest BCUT2D eigenvalue weighted by Gasteiger charge is 2.18. The number of aromatic nitrogens is 1. The summed E-state index contributed by atoms with van der Waals surface area (Å²) in [5, 5.41) is 15.7. The Bertz CT molecular complexity index is 419. The SMILES string of the molecule is Cc1noc(C)c1CCC(=O)NCC(C)(C)CCCO. The van der Waals surface area contributed by atoms with E-state index in [1.165, 1.54) is 0 Å². The van der Waals surface area contributed by atoms with E-state index in [0.29, 0.717) is 19.4 Å². The molecule has 0 aliphatic carbocycles. The number of amides is 1. The van der Waals surface area contributed by atoms with Crippen molar-refractivity contribution in [1.29, 1.82) is 0 Å². The Morgan fingerprint density at radius 3 is 2.65 bits per heavy atom. The molecule has 0 spiro atoms. The number of carbonyl (C=O) groups is 1. The average Bonchev–Trinajstić information content (AvgIpc) is 2.71. The molecule has 0 radical (unpaired) electrons. The maximum atomic E-state index is 11.9. The molecule has 0 unspecified atom stereocenters. The summed E-state index contributed by atoms with van der Waals surface area (Å²) in [4.78, 5) is 11.9. The monoisotopic (exact) mass is 282 g/mol. The third-order valence-corrected chi connectivity index (χ3v) is 3.56. The van der Waals surface area contributed by atoms with Gasteiger partial charge in [-0.25, -0.2) is 0 Å². The van der Waals surface area contributed by atoms with Crippen molar-refractivity contribution in [3.63, 3.8) is 0 Å². The van der Waals surface area contributed by atoms with Gasteiger partial charge in [0, 0.05) is 25.1 Å². The molecule has 1 heterocycles. The van der Waals surface area contributed by atoms with Crippen molar-refractivity contribution in [3.8, 4) is 0 Å². The highest BCUT2D eigenvalue weighted by atomic mass is 16.5. The van der Waals surface area contributed by atoms with Gasteiger partial charge in [-0.15, -0.1) is 0 Å². The first kappa shape index (κ1) is 16.7. The number of nitrogens with one attached hydrogen (secondary N) is 1. The number of hydrogen-bond donors (Lipinski definition) is 2. The standard InChI is InChI=1S/C15H26N2O3/c1-11-13(12(2)20-17-11)6-7-14(19)16-10-15(3,4)8-5-9-18/h18H,5-10H2,1-4H3,(H,16,19). The highest BCUT2D eigenvalue weighted by Crippen LogP contribution is 2.21. The molecule has 0 aliphatic rings. The van der Waals surface area contributed by atoms with E-state index in [1.54, 1.807) is 0 Å². The Balaban J connectivity index is 2.34. The molecule has 5 heteroatoms. The largest absolute Gasteiger partial charge is 0.396 e. The molecule has 0 aromatic carbocycles. The zero-order valence-electron chi connectivity index (χ0n) is 13.0. The molecule has 20 heavy (non-hydrogen) atoms. The number of aliphatic hydroxyl groups excluding tert-OH is 1. The van der Waals surface area contributed by atoms with Crippen LogP contribution in [-0.2, 0) is 11.2 Å². The minimum atomic E-state index is 0.0153. The van der Waals surface area contributed by atoms with Crippen LogP contribution < -0.4 is 5.32 Å². The van der Waals surface area contributed by atoms with Gasteiger partial charge in [0.15, 0.2) is 0 Å². The molecule has 1 aromatic heterocycles. The van der Waals surface area contributed by atoms with Crippen molar-refractivity contribution < 1.29 is 14.4 Å². The Morgan fingerprint density at radius 2 is 2.10 bits per heavy atom. The van der Waals surface area contributed by atoms with Gasteiger partial charge in [-0.05, 0) is 38.5 Å². The normalized spacial score (nSPS) is 11.7. The highest BCUT2D eigenvalue weighted by molar-refractivity contribution is 5.76. The number of hydrogen-bond acceptors (Lipinski definition) is 4. The predicted octanol–water partition coefficient (Wildman–Crippen LogP) is 2.14. The zero-order chi connectivity index (χ0) is 15.2. The second-order valence-electron chi connectivity index (χ2n) is 6.07. The minimum Gasteiger partial charge on any atom is -0.396 e. The van der Waals surface area contributed by atoms with Crippen LogP contribution in [0.4, 0.5) is 0 Å². The van der Waals surface area contributed by atoms with Crippen LogP contribution in [0.5, 0.6) is 0 Å². The number of aryl methyl sites for hydroxylation is 2. The van der Waals surface area contributed by atoms with Crippen LogP contribution in [0.3, 0.4) is 0 Å². The lowest BCUT2D eigenvalue weighted by Crippen LogP contribution is -2.34. The smallest absolute Gasteiger partial charge is 0.220 e. The molecule has 5 nitrogen and oxygen atoms in total. The third kappa shape index (κ3) is 5.33. The van der Waals surface area contributed by atoms with Crippen LogP contribution in [0.15, 0.2) is 4.52 Å². The first-order chi connectivity index (χ1) is 9.35. The van der Waals surface area contributed by atoms with Crippen LogP contribution in [0, 0.1) is 19.3 Å². The molecule has 1 rings (SSSR count). The quantitative estimate of drug-likeness (QED) is 0.766. The summed E-state index contributed by atoms with van der Waals surface area (Å²) in [5.41, 5.74) is 1.90. The maximum absolute atomic E-state index is 11.9. The van der Waals surface area contributed by atoms with Crippen molar-refractivity contribution in [2.45, 2.75) is 53.4 Å². The third-order valence-electron chi connectivity index (χ3n) is 3.56. The summed E-state index contributed by atoms with van der Waals surface area (Å²) >= 11 is 0. The molecule has 114 valence electrons. The van der Waals surface area contributed by atoms with E-state index in [4.69, 9.17) is 9.63 Å². The van der Waals surface area contributed by atoms with E-state index in [9.17, 15) is 4.79 Å². The van der Waals surface area contributed by atoms with E-state index in [0.717, 1.165) is 29.9 Å². The van der Waals surface area contributed by atoms with Gasteiger partial charge in [0.05, 0.1) is 5.69 Å². The van der Waals surface area contributed by atoms with Gasteiger partial charge in [-0.1, -0.05) is 19.0 Å². The number of nitrogens with zero attached hydrogens (tertiary/aromatic N) is 1. The van der Waals surface area contributed by atoms with E-state index in [-0.39, 0.29) is 17.9 Å². The van der Waals surface area contributed by atoms with Crippen molar-refractivity contribution in [2.75, 3.05) is 13.2 Å². The lowest BCUT2D eigenvalue weighted by atomic mass is 9.88. The van der Waals surface area contributed by atoms with Gasteiger partial charge in [-0.3, -0.25) is 4.79 Å². The molecule has 0 fully saturated rings. The fraction of sp³-hybridized carbons (Fsp3) is 0.733. The Kier molecular flexibility index (Phi) is 6.20. The molecule has 0 aliphatic heterocycles. The lowest BCUT2D eigenvalue weighted by Gasteiger charge is -2.24. The Hall–Kier alpha value is -1.36. The van der Waals surface area contributed by atoms with Gasteiger partial charge in [-0.2, -0.15) is 0 Å². The van der Waals surface area contributed by atoms with Crippen molar-refractivity contribution >= 4 is 5.91 Å². The number of aliphatic hydroxyl groups is 1. The molecule has 1 aromatic rings. The predicted molar refractivity (Wildman–Crippen MR) is 77.4 cm³/mol. The average molecular weight is 282 g/mol. The van der Waals surface area contributed by atoms with Crippen LogP contribution in [0.2, 0.25) is 0 Å². The van der Waals surface area contributed by atoms with Gasteiger partial charge in [0.1, 0.15) is 5.76 Å². The van der Waals surface area contributed by atoms with Crippen LogP contribution in [0.1, 0.15) is 50.1 Å². The molecule has 0 saturated carbocycles. The first-order valence-electron chi connectivity index (χ1n) is 7.15. The van der Waals surface area contributed by atoms with Gasteiger partial charge < -0.3 is 14.9 Å². The van der Waals surface area contributed by atoms with Crippen LogP contribution >= 0.6 is 0 Å². The maximum Gasteiger partial charge on any atom is 0.220 e. The van der Waals surface area contributed by atoms with Crippen molar-refractivity contribution in [3.05, 3.63) is 17.0 Å². The van der Waals surface area contributed by atoms with E-state index in [1.807, 2.05) is 13.8 Å². The molecular weight excluding hydrogens is 256 g/mol. The van der Waals surface area contributed by atoms with Gasteiger partial charge >= 0.3 is 0 Å². The Labute approximate surface area is 120 Å². The molecule has 0 bridgehead atoms. The van der Waals surface area contributed by atoms with Crippen molar-refractivity contribution in [2.24, 2.45) is 5.41 Å². The van der Waals surface area contributed by atoms with E-state index in [2.05, 4.69) is 24.3 Å². The summed E-state index contributed by atoms with van der Waals surface area (Å²) in [6, 6.07) is 0. The number of rotatable bonds is 8. The topological polar surface area (TPSA) is 75.4 Å².